The van der Waals surface area contributed by atoms with E-state index in [2.05, 4.69) is 4.98 Å². The van der Waals surface area contributed by atoms with Gasteiger partial charge in [-0.2, -0.15) is 4.31 Å². The zero-order chi connectivity index (χ0) is 26.9. The molecule has 1 aliphatic heterocycles. The first kappa shape index (κ1) is 29.3. The average Bonchev–Trinajstić information content (AvgIpc) is 2.87. The number of benzene rings is 1. The van der Waals surface area contributed by atoms with Crippen molar-refractivity contribution in [2.75, 3.05) is 39.4 Å². The molecule has 37 heavy (non-hydrogen) atoms. The molecule has 0 aliphatic carbocycles. The molecule has 0 unspecified atom stereocenters. The molecule has 11 nitrogen and oxygen atoms in total. The molecular weight excluding hydrogens is 519 g/mol. The number of rotatable bonds is 8. The van der Waals surface area contributed by atoms with Crippen LogP contribution in [0.2, 0.25) is 0 Å². The molecule has 0 amide bonds. The Morgan fingerprint density at radius 3 is 2.27 bits per heavy atom. The van der Waals surface area contributed by atoms with Crippen molar-refractivity contribution in [3.63, 3.8) is 0 Å². The van der Waals surface area contributed by atoms with Gasteiger partial charge < -0.3 is 0 Å². The first-order chi connectivity index (χ1) is 17.7. The van der Waals surface area contributed by atoms with Crippen molar-refractivity contribution in [1.82, 2.24) is 14.0 Å². The normalized spacial score (nSPS) is 17.2. The van der Waals surface area contributed by atoms with E-state index < -0.39 is 28.4 Å². The summed E-state index contributed by atoms with van der Waals surface area (Å²) in [4.78, 5) is 15.2. The van der Waals surface area contributed by atoms with Gasteiger partial charge in [0.2, 0.25) is 10.0 Å². The Morgan fingerprint density at radius 2 is 1.59 bits per heavy atom. The van der Waals surface area contributed by atoms with Crippen molar-refractivity contribution in [2.24, 2.45) is 0 Å². The number of aryl methyl sites for hydroxylation is 1. The predicted molar refractivity (Wildman–Crippen MR) is 140 cm³/mol. The van der Waals surface area contributed by atoms with Crippen molar-refractivity contribution in [3.05, 3.63) is 64.0 Å². The Kier molecular flexibility index (Phi) is 10.7. The minimum Gasteiger partial charge on any atom is -0.297 e. The second kappa shape index (κ2) is 13.5. The highest BCUT2D eigenvalue weighted by Gasteiger charge is 2.36. The fraction of sp³-hybridized carbons (Fsp3) is 0.542. The topological polar surface area (TPSA) is 132 Å². The first-order valence-corrected chi connectivity index (χ1v) is 15.5. The van der Waals surface area contributed by atoms with Crippen LogP contribution in [-0.2, 0) is 36.5 Å². The van der Waals surface area contributed by atoms with Crippen molar-refractivity contribution in [2.45, 2.75) is 50.8 Å². The van der Waals surface area contributed by atoms with Crippen LogP contribution in [0.15, 0.2) is 47.4 Å². The minimum absolute atomic E-state index is 0.0479. The molecule has 3 rings (SSSR count). The standard InChI is InChI=1S/C24H35N4O7PS/c1-3-34-36(31,35-4-2)26-17-9-5-6-11-21-12-10-13-22(25-21)16-18-27(20-19-26)37(32,33)24-15-8-7-14-23(24)28(29)30/h7-8,10,12-15H,3-6,9,11,16-20H2,1-2H3. The van der Waals surface area contributed by atoms with E-state index in [1.165, 1.54) is 28.6 Å². The van der Waals surface area contributed by atoms with Gasteiger partial charge in [-0.3, -0.25) is 24.1 Å². The number of hydrogen-bond acceptors (Lipinski definition) is 8. The van der Waals surface area contributed by atoms with Crippen molar-refractivity contribution in [1.29, 1.82) is 0 Å². The minimum atomic E-state index is -4.26. The highest BCUT2D eigenvalue weighted by molar-refractivity contribution is 7.89. The number of sulfonamides is 1. The van der Waals surface area contributed by atoms with E-state index in [0.717, 1.165) is 30.7 Å². The van der Waals surface area contributed by atoms with Crippen molar-refractivity contribution >= 4 is 23.5 Å². The molecule has 0 spiro atoms. The number of para-hydroxylation sites is 1. The number of nitro groups is 1. The quantitative estimate of drug-likeness (QED) is 0.264. The third kappa shape index (κ3) is 7.66. The van der Waals surface area contributed by atoms with Crippen LogP contribution in [0.3, 0.4) is 0 Å². The maximum atomic E-state index is 13.7. The second-order valence-electron chi connectivity index (χ2n) is 8.57. The fourth-order valence-corrected chi connectivity index (χ4v) is 7.62. The van der Waals surface area contributed by atoms with E-state index in [-0.39, 0.29) is 37.7 Å². The van der Waals surface area contributed by atoms with Crippen LogP contribution in [0.1, 0.15) is 44.5 Å². The van der Waals surface area contributed by atoms with Crippen LogP contribution in [0.25, 0.3) is 0 Å². The molecule has 0 saturated carbocycles. The lowest BCUT2D eigenvalue weighted by atomic mass is 10.1. The smallest absolute Gasteiger partial charge is 0.297 e. The molecule has 0 atom stereocenters. The molecule has 1 aromatic heterocycles. The zero-order valence-corrected chi connectivity index (χ0v) is 23.0. The molecule has 1 aromatic carbocycles. The SMILES string of the molecule is CCOP(=O)(OCC)N1CCCCCc2cccc(n2)CCN(S(=O)(=O)c2ccccc2[N+](=O)[O-])CC1. The van der Waals surface area contributed by atoms with Crippen LogP contribution >= 0.6 is 7.75 Å². The van der Waals surface area contributed by atoms with E-state index in [1.54, 1.807) is 18.5 Å². The number of aromatic nitrogens is 1. The lowest BCUT2D eigenvalue weighted by molar-refractivity contribution is -0.387. The number of hydrogen-bond donors (Lipinski definition) is 0. The number of pyridine rings is 1. The van der Waals surface area contributed by atoms with Crippen LogP contribution in [0.4, 0.5) is 5.69 Å². The predicted octanol–water partition coefficient (Wildman–Crippen LogP) is 4.43. The number of nitro benzene ring substituents is 1. The molecule has 0 fully saturated rings. The molecule has 0 N–H and O–H groups in total. The van der Waals surface area contributed by atoms with E-state index in [9.17, 15) is 23.1 Å². The van der Waals surface area contributed by atoms with Gasteiger partial charge in [0.05, 0.1) is 18.1 Å². The summed E-state index contributed by atoms with van der Waals surface area (Å²) in [5.74, 6) is 0. The Hall–Kier alpha value is -2.21. The van der Waals surface area contributed by atoms with Gasteiger partial charge in [-0.1, -0.05) is 24.6 Å². The number of fused-ring (bicyclic) bond motifs is 2. The summed E-state index contributed by atoms with van der Waals surface area (Å²) in [5.41, 5.74) is 1.17. The molecule has 204 valence electrons. The summed E-state index contributed by atoms with van der Waals surface area (Å²) in [5, 5.41) is 11.6. The van der Waals surface area contributed by atoms with Gasteiger partial charge in [-0.25, -0.2) is 17.7 Å². The Morgan fingerprint density at radius 1 is 0.919 bits per heavy atom. The van der Waals surface area contributed by atoms with E-state index >= 15 is 0 Å². The molecule has 2 aromatic rings. The van der Waals surface area contributed by atoms with Gasteiger partial charge in [0.25, 0.3) is 5.69 Å². The summed E-state index contributed by atoms with van der Waals surface area (Å²) in [7, 11) is -7.92. The largest absolute Gasteiger partial charge is 0.408 e. The zero-order valence-electron chi connectivity index (χ0n) is 21.3. The third-order valence-electron chi connectivity index (χ3n) is 6.05. The summed E-state index contributed by atoms with van der Waals surface area (Å²) >= 11 is 0. The van der Waals surface area contributed by atoms with Crippen LogP contribution in [0.5, 0.6) is 0 Å². The molecule has 2 bridgehead atoms. The van der Waals surface area contributed by atoms with E-state index in [1.807, 2.05) is 18.2 Å². The van der Waals surface area contributed by atoms with Crippen molar-refractivity contribution < 1.29 is 27.0 Å². The molecule has 13 heteroatoms. The second-order valence-corrected chi connectivity index (χ2v) is 12.5. The maximum absolute atomic E-state index is 13.7. The van der Waals surface area contributed by atoms with Gasteiger partial charge in [0.15, 0.2) is 4.90 Å². The van der Waals surface area contributed by atoms with Gasteiger partial charge in [0.1, 0.15) is 0 Å². The van der Waals surface area contributed by atoms with Crippen molar-refractivity contribution in [3.8, 4) is 0 Å². The van der Waals surface area contributed by atoms with Crippen LogP contribution < -0.4 is 0 Å². The lowest BCUT2D eigenvalue weighted by Gasteiger charge is -2.32. The lowest BCUT2D eigenvalue weighted by Crippen LogP contribution is -2.40. The van der Waals surface area contributed by atoms with Gasteiger partial charge >= 0.3 is 7.75 Å². The highest BCUT2D eigenvalue weighted by atomic mass is 32.2. The number of nitrogens with zero attached hydrogens (tertiary/aromatic N) is 4. The van der Waals surface area contributed by atoms with Gasteiger partial charge in [0, 0.05) is 50.1 Å². The molecule has 0 radical (unpaired) electrons. The van der Waals surface area contributed by atoms with Crippen LogP contribution in [-0.4, -0.2) is 66.7 Å². The molecule has 2 heterocycles. The Bertz CT molecular complexity index is 1200. The Balaban J connectivity index is 2.00. The van der Waals surface area contributed by atoms with Gasteiger partial charge in [-0.05, 0) is 51.3 Å². The molecular formula is C24H35N4O7PS. The van der Waals surface area contributed by atoms with Gasteiger partial charge in [-0.15, -0.1) is 0 Å². The molecule has 1 aliphatic rings. The summed E-state index contributed by atoms with van der Waals surface area (Å²) < 4.78 is 55.0. The summed E-state index contributed by atoms with van der Waals surface area (Å²) in [6.45, 7) is 4.25. The fourth-order valence-electron chi connectivity index (χ4n) is 4.25. The van der Waals surface area contributed by atoms with E-state index in [4.69, 9.17) is 9.05 Å². The summed E-state index contributed by atoms with van der Waals surface area (Å²) in [6.07, 6.45) is 3.58. The van der Waals surface area contributed by atoms with Crippen LogP contribution in [0, 0.1) is 10.1 Å². The Labute approximate surface area is 218 Å². The molecule has 0 saturated heterocycles. The first-order valence-electron chi connectivity index (χ1n) is 12.5. The monoisotopic (exact) mass is 554 g/mol. The summed E-state index contributed by atoms with van der Waals surface area (Å²) in [6, 6.07) is 11.0. The highest BCUT2D eigenvalue weighted by Crippen LogP contribution is 2.52. The van der Waals surface area contributed by atoms with E-state index in [0.29, 0.717) is 19.4 Å². The third-order valence-corrected chi connectivity index (χ3v) is 10.3. The average molecular weight is 555 g/mol. The maximum Gasteiger partial charge on any atom is 0.408 e.